The monoisotopic (exact) mass is 398 g/mol. The molecule has 0 spiro atoms. The second kappa shape index (κ2) is 7.55. The summed E-state index contributed by atoms with van der Waals surface area (Å²) in [7, 11) is 1.87. The van der Waals surface area contributed by atoms with Gasteiger partial charge in [0.15, 0.2) is 0 Å². The van der Waals surface area contributed by atoms with Crippen LogP contribution in [0.3, 0.4) is 0 Å². The predicted molar refractivity (Wildman–Crippen MR) is 105 cm³/mol. The van der Waals surface area contributed by atoms with Crippen molar-refractivity contribution >= 4 is 28.8 Å². The topological polar surface area (TPSA) is 67.2 Å². The molecule has 0 radical (unpaired) electrons. The van der Waals surface area contributed by atoms with Crippen LogP contribution in [0.25, 0.3) is 10.6 Å². The van der Waals surface area contributed by atoms with E-state index in [0.29, 0.717) is 18.8 Å². The van der Waals surface area contributed by atoms with Gasteiger partial charge in [-0.2, -0.15) is 5.10 Å². The largest absolute Gasteiger partial charge is 0.350 e. The maximum absolute atomic E-state index is 13.1. The summed E-state index contributed by atoms with van der Waals surface area (Å²) in [5.41, 5.74) is 2.36. The molecule has 4 rings (SSSR count). The Morgan fingerprint density at radius 2 is 2.11 bits per heavy atom. The molecule has 1 atom stereocenters. The molecule has 3 aromatic rings. The van der Waals surface area contributed by atoms with E-state index < -0.39 is 5.92 Å². The van der Waals surface area contributed by atoms with Gasteiger partial charge in [-0.05, 0) is 41.8 Å². The summed E-state index contributed by atoms with van der Waals surface area (Å²) in [5.74, 6) is -1.11. The van der Waals surface area contributed by atoms with Gasteiger partial charge in [-0.1, -0.05) is 6.07 Å². The van der Waals surface area contributed by atoms with Gasteiger partial charge in [0.05, 0.1) is 28.7 Å². The van der Waals surface area contributed by atoms with E-state index >= 15 is 0 Å². The van der Waals surface area contributed by atoms with Gasteiger partial charge in [-0.25, -0.2) is 4.39 Å². The van der Waals surface area contributed by atoms with Crippen molar-refractivity contribution in [1.29, 1.82) is 0 Å². The second-order valence-corrected chi connectivity index (χ2v) is 7.67. The summed E-state index contributed by atoms with van der Waals surface area (Å²) in [5, 5.41) is 9.33. The lowest BCUT2D eigenvalue weighted by molar-refractivity contribution is -0.126. The van der Waals surface area contributed by atoms with Crippen LogP contribution in [-0.2, 0) is 23.2 Å². The second-order valence-electron chi connectivity index (χ2n) is 6.72. The quantitative estimate of drug-likeness (QED) is 0.719. The Morgan fingerprint density at radius 3 is 2.82 bits per heavy atom. The Hall–Kier alpha value is -3.00. The van der Waals surface area contributed by atoms with Crippen LogP contribution in [0, 0.1) is 11.7 Å². The number of carbonyl (C=O) groups excluding carboxylic acids is 2. The SMILES string of the molecule is Cn1nc(CNC(=O)[C@H]2CC(=O)N(c3ccc(F)cc3)C2)cc1-c1cccs1. The average Bonchev–Trinajstić information content (AvgIpc) is 3.40. The van der Waals surface area contributed by atoms with Crippen molar-refractivity contribution in [1.82, 2.24) is 15.1 Å². The van der Waals surface area contributed by atoms with Crippen molar-refractivity contribution in [2.75, 3.05) is 11.4 Å². The number of hydrogen-bond acceptors (Lipinski definition) is 4. The summed E-state index contributed by atoms with van der Waals surface area (Å²) >= 11 is 1.63. The third-order valence-electron chi connectivity index (χ3n) is 4.78. The number of thiophene rings is 1. The minimum atomic E-state index is -0.432. The van der Waals surface area contributed by atoms with Gasteiger partial charge in [-0.3, -0.25) is 14.3 Å². The first kappa shape index (κ1) is 18.4. The number of halogens is 1. The first-order chi connectivity index (χ1) is 13.5. The normalized spacial score (nSPS) is 16.6. The number of aryl methyl sites for hydroxylation is 1. The summed E-state index contributed by atoms with van der Waals surface area (Å²) in [6, 6.07) is 11.7. The predicted octanol–water partition coefficient (Wildman–Crippen LogP) is 2.96. The number of hydrogen-bond donors (Lipinski definition) is 1. The number of carbonyl (C=O) groups is 2. The summed E-state index contributed by atoms with van der Waals surface area (Å²) < 4.78 is 14.9. The molecule has 8 heteroatoms. The average molecular weight is 398 g/mol. The Labute approximate surface area is 165 Å². The van der Waals surface area contributed by atoms with E-state index in [0.717, 1.165) is 16.3 Å². The maximum Gasteiger partial charge on any atom is 0.227 e. The molecule has 1 fully saturated rings. The third kappa shape index (κ3) is 3.68. The first-order valence-electron chi connectivity index (χ1n) is 8.91. The molecule has 6 nitrogen and oxygen atoms in total. The van der Waals surface area contributed by atoms with E-state index in [1.807, 2.05) is 30.6 Å². The standard InChI is InChI=1S/C20H19FN4O2S/c1-24-17(18-3-2-8-28-18)10-15(23-24)11-22-20(27)13-9-19(26)25(12-13)16-6-4-14(21)5-7-16/h2-8,10,13H,9,11-12H2,1H3,(H,22,27)/t13-/m0/s1. The fourth-order valence-corrected chi connectivity index (χ4v) is 4.12. The highest BCUT2D eigenvalue weighted by Gasteiger charge is 2.35. The van der Waals surface area contributed by atoms with Crippen molar-refractivity contribution in [3.05, 3.63) is 59.4 Å². The molecular formula is C20H19FN4O2S. The van der Waals surface area contributed by atoms with E-state index in [4.69, 9.17) is 0 Å². The third-order valence-corrected chi connectivity index (χ3v) is 5.67. The van der Waals surface area contributed by atoms with Gasteiger partial charge >= 0.3 is 0 Å². The zero-order chi connectivity index (χ0) is 19.7. The van der Waals surface area contributed by atoms with Gasteiger partial charge in [0.25, 0.3) is 0 Å². The summed E-state index contributed by atoms with van der Waals surface area (Å²) in [6.45, 7) is 0.595. The number of nitrogens with one attached hydrogen (secondary N) is 1. The van der Waals surface area contributed by atoms with Gasteiger partial charge in [0.2, 0.25) is 11.8 Å². The van der Waals surface area contributed by atoms with Gasteiger partial charge in [-0.15, -0.1) is 11.3 Å². The van der Waals surface area contributed by atoms with Gasteiger partial charge in [0, 0.05) is 25.7 Å². The van der Waals surface area contributed by atoms with Crippen molar-refractivity contribution in [2.45, 2.75) is 13.0 Å². The molecule has 1 aromatic carbocycles. The van der Waals surface area contributed by atoms with Crippen molar-refractivity contribution in [2.24, 2.45) is 13.0 Å². The van der Waals surface area contributed by atoms with Crippen molar-refractivity contribution < 1.29 is 14.0 Å². The molecule has 3 heterocycles. The Kier molecular flexibility index (Phi) is 4.95. The minimum Gasteiger partial charge on any atom is -0.350 e. The highest BCUT2D eigenvalue weighted by atomic mass is 32.1. The molecule has 1 N–H and O–H groups in total. The Bertz CT molecular complexity index is 998. The molecule has 2 amide bonds. The van der Waals surface area contributed by atoms with E-state index in [9.17, 15) is 14.0 Å². The molecule has 1 aliphatic heterocycles. The fraction of sp³-hybridized carbons (Fsp3) is 0.250. The molecule has 144 valence electrons. The molecule has 1 aliphatic rings. The first-order valence-corrected chi connectivity index (χ1v) is 9.79. The lowest BCUT2D eigenvalue weighted by Gasteiger charge is -2.16. The number of rotatable bonds is 5. The van der Waals surface area contributed by atoms with Crippen LogP contribution in [-0.4, -0.2) is 28.1 Å². The fourth-order valence-electron chi connectivity index (χ4n) is 3.34. The molecule has 0 bridgehead atoms. The van der Waals surface area contributed by atoms with Crippen LogP contribution in [0.5, 0.6) is 0 Å². The number of amides is 2. The maximum atomic E-state index is 13.1. The number of benzene rings is 1. The highest BCUT2D eigenvalue weighted by molar-refractivity contribution is 7.13. The molecular weight excluding hydrogens is 379 g/mol. The minimum absolute atomic E-state index is 0.135. The summed E-state index contributed by atoms with van der Waals surface area (Å²) in [4.78, 5) is 27.4. The molecule has 28 heavy (non-hydrogen) atoms. The lowest BCUT2D eigenvalue weighted by Crippen LogP contribution is -2.32. The highest BCUT2D eigenvalue weighted by Crippen LogP contribution is 2.26. The zero-order valence-corrected chi connectivity index (χ0v) is 16.1. The van der Waals surface area contributed by atoms with Gasteiger partial charge in [0.1, 0.15) is 5.82 Å². The molecule has 1 saturated heterocycles. The molecule has 0 saturated carbocycles. The number of aromatic nitrogens is 2. The molecule has 2 aromatic heterocycles. The van der Waals surface area contributed by atoms with Crippen LogP contribution in [0.15, 0.2) is 47.8 Å². The van der Waals surface area contributed by atoms with E-state index in [-0.39, 0.29) is 24.1 Å². The van der Waals surface area contributed by atoms with Crippen LogP contribution >= 0.6 is 11.3 Å². The van der Waals surface area contributed by atoms with E-state index in [2.05, 4.69) is 10.4 Å². The molecule has 0 unspecified atom stereocenters. The van der Waals surface area contributed by atoms with E-state index in [1.165, 1.54) is 17.0 Å². The van der Waals surface area contributed by atoms with Crippen molar-refractivity contribution in [3.8, 4) is 10.6 Å². The number of anilines is 1. The zero-order valence-electron chi connectivity index (χ0n) is 15.3. The van der Waals surface area contributed by atoms with Crippen LogP contribution in [0.1, 0.15) is 12.1 Å². The Balaban J connectivity index is 1.37. The Morgan fingerprint density at radius 1 is 1.32 bits per heavy atom. The van der Waals surface area contributed by atoms with Crippen LogP contribution in [0.4, 0.5) is 10.1 Å². The smallest absolute Gasteiger partial charge is 0.227 e. The van der Waals surface area contributed by atoms with E-state index in [1.54, 1.807) is 28.2 Å². The molecule has 0 aliphatic carbocycles. The number of nitrogens with zero attached hydrogens (tertiary/aromatic N) is 3. The lowest BCUT2D eigenvalue weighted by atomic mass is 10.1. The van der Waals surface area contributed by atoms with Crippen molar-refractivity contribution in [3.63, 3.8) is 0 Å². The van der Waals surface area contributed by atoms with Crippen LogP contribution in [0.2, 0.25) is 0 Å². The van der Waals surface area contributed by atoms with Gasteiger partial charge < -0.3 is 10.2 Å². The van der Waals surface area contributed by atoms with Crippen LogP contribution < -0.4 is 10.2 Å². The summed E-state index contributed by atoms with van der Waals surface area (Å²) in [6.07, 6.45) is 0.145.